The van der Waals surface area contributed by atoms with E-state index >= 15 is 0 Å². The number of ether oxygens (including phenoxy) is 1. The molecule has 0 unspecified atom stereocenters. The smallest absolute Gasteiger partial charge is 0.183 e. The van der Waals surface area contributed by atoms with Gasteiger partial charge < -0.3 is 10.1 Å². The van der Waals surface area contributed by atoms with Gasteiger partial charge in [0, 0.05) is 12.6 Å². The molecule has 0 radical (unpaired) electrons. The lowest BCUT2D eigenvalue weighted by atomic mass is 10.1. The van der Waals surface area contributed by atoms with Crippen LogP contribution in [0.25, 0.3) is 0 Å². The van der Waals surface area contributed by atoms with Gasteiger partial charge in [-0.05, 0) is 56.2 Å². The highest BCUT2D eigenvalue weighted by atomic mass is 32.2. The molecule has 0 saturated carbocycles. The molecule has 6 nitrogen and oxygen atoms in total. The molecule has 1 heterocycles. The number of hydrogen-bond donors (Lipinski definition) is 1. The van der Waals surface area contributed by atoms with Crippen molar-refractivity contribution in [1.82, 2.24) is 5.32 Å². The summed E-state index contributed by atoms with van der Waals surface area (Å²) in [6, 6.07) is 13.3. The Morgan fingerprint density at radius 2 is 1.72 bits per heavy atom. The molecule has 2 atom stereocenters. The van der Waals surface area contributed by atoms with Gasteiger partial charge in [0.15, 0.2) is 19.7 Å². The molecule has 29 heavy (non-hydrogen) atoms. The van der Waals surface area contributed by atoms with Crippen molar-refractivity contribution in [1.29, 1.82) is 0 Å². The predicted octanol–water partition coefficient (Wildman–Crippen LogP) is 2.51. The fourth-order valence-electron chi connectivity index (χ4n) is 3.52. The predicted molar refractivity (Wildman–Crippen MR) is 114 cm³/mol. The second-order valence-corrected chi connectivity index (χ2v) is 12.0. The van der Waals surface area contributed by atoms with Crippen LogP contribution in [-0.2, 0) is 26.2 Å². The Hall–Kier alpha value is -1.90. The molecule has 2 aromatic rings. The second kappa shape index (κ2) is 8.45. The van der Waals surface area contributed by atoms with Gasteiger partial charge in [-0.15, -0.1) is 0 Å². The summed E-state index contributed by atoms with van der Waals surface area (Å²) in [5.41, 5.74) is 2.09. The second-order valence-electron chi connectivity index (χ2n) is 7.71. The van der Waals surface area contributed by atoms with Crippen molar-refractivity contribution in [3.05, 3.63) is 59.7 Å². The van der Waals surface area contributed by atoms with Crippen LogP contribution in [0, 0.1) is 6.92 Å². The van der Waals surface area contributed by atoms with E-state index in [0.29, 0.717) is 12.3 Å². The first-order valence-electron chi connectivity index (χ1n) is 9.57. The molecule has 1 saturated heterocycles. The Kier molecular flexibility index (Phi) is 6.36. The number of aryl methyl sites for hydroxylation is 1. The maximum Gasteiger partial charge on any atom is 0.183 e. The van der Waals surface area contributed by atoms with Gasteiger partial charge in [0.05, 0.1) is 27.8 Å². The molecule has 1 N–H and O–H groups in total. The first-order valence-corrected chi connectivity index (χ1v) is 12.9. The Morgan fingerprint density at radius 3 is 2.34 bits per heavy atom. The van der Waals surface area contributed by atoms with Gasteiger partial charge in [0.25, 0.3) is 0 Å². The zero-order valence-electron chi connectivity index (χ0n) is 16.8. The molecule has 2 aromatic carbocycles. The molecular weight excluding hydrogens is 410 g/mol. The number of hydrogen-bond acceptors (Lipinski definition) is 6. The summed E-state index contributed by atoms with van der Waals surface area (Å²) in [5, 5.41) is 2.15. The summed E-state index contributed by atoms with van der Waals surface area (Å²) in [4.78, 5) is 0.110. The standard InChI is InChI=1S/C21H27NO5S2/c1-15(2)27-18-8-10-19(11-9-18)29(25,26)21-14-28(23,24)13-20(21)22-12-17-7-5-4-6-16(17)3/h4-11,15,20-22H,12-14H2,1-3H3/t20-,21-/m0/s1. The van der Waals surface area contributed by atoms with Crippen LogP contribution in [0.1, 0.15) is 25.0 Å². The highest BCUT2D eigenvalue weighted by molar-refractivity contribution is 7.96. The Morgan fingerprint density at radius 1 is 1.07 bits per heavy atom. The van der Waals surface area contributed by atoms with E-state index in [0.717, 1.165) is 11.1 Å². The third kappa shape index (κ3) is 5.18. The van der Waals surface area contributed by atoms with Crippen molar-refractivity contribution in [2.75, 3.05) is 11.5 Å². The number of rotatable bonds is 7. The first kappa shape index (κ1) is 21.8. The Bertz CT molecular complexity index is 1060. The lowest BCUT2D eigenvalue weighted by molar-refractivity contribution is 0.242. The highest BCUT2D eigenvalue weighted by Crippen LogP contribution is 2.28. The Balaban J connectivity index is 1.82. The van der Waals surface area contributed by atoms with Crippen molar-refractivity contribution in [3.8, 4) is 5.75 Å². The largest absolute Gasteiger partial charge is 0.491 e. The molecule has 1 fully saturated rings. The van der Waals surface area contributed by atoms with E-state index in [1.165, 1.54) is 12.1 Å². The quantitative estimate of drug-likeness (QED) is 0.716. The number of nitrogens with one attached hydrogen (secondary N) is 1. The summed E-state index contributed by atoms with van der Waals surface area (Å²) in [7, 11) is -7.26. The van der Waals surface area contributed by atoms with E-state index < -0.39 is 31.0 Å². The minimum absolute atomic E-state index is 0.0209. The summed E-state index contributed by atoms with van der Waals surface area (Å²) in [6.07, 6.45) is -0.0209. The van der Waals surface area contributed by atoms with Crippen LogP contribution in [-0.4, -0.2) is 45.7 Å². The third-order valence-corrected chi connectivity index (χ3v) is 9.21. The zero-order chi connectivity index (χ0) is 21.2. The molecular formula is C21H27NO5S2. The van der Waals surface area contributed by atoms with E-state index in [1.807, 2.05) is 45.0 Å². The van der Waals surface area contributed by atoms with Gasteiger partial charge >= 0.3 is 0 Å². The van der Waals surface area contributed by atoms with E-state index in [1.54, 1.807) is 12.1 Å². The van der Waals surface area contributed by atoms with Gasteiger partial charge in [-0.2, -0.15) is 0 Å². The normalized spacial score (nSPS) is 21.4. The van der Waals surface area contributed by atoms with Crippen LogP contribution in [0.3, 0.4) is 0 Å². The van der Waals surface area contributed by atoms with Gasteiger partial charge in [-0.3, -0.25) is 0 Å². The van der Waals surface area contributed by atoms with Gasteiger partial charge in [-0.1, -0.05) is 24.3 Å². The fourth-order valence-corrected chi connectivity index (χ4v) is 8.23. The van der Waals surface area contributed by atoms with Crippen LogP contribution >= 0.6 is 0 Å². The van der Waals surface area contributed by atoms with E-state index in [9.17, 15) is 16.8 Å². The molecule has 158 valence electrons. The van der Waals surface area contributed by atoms with Crippen LogP contribution in [0.4, 0.5) is 0 Å². The van der Waals surface area contributed by atoms with E-state index in [-0.39, 0.29) is 22.5 Å². The van der Waals surface area contributed by atoms with Crippen molar-refractivity contribution in [2.45, 2.75) is 49.6 Å². The molecule has 0 spiro atoms. The minimum atomic E-state index is -3.82. The summed E-state index contributed by atoms with van der Waals surface area (Å²) >= 11 is 0. The summed E-state index contributed by atoms with van der Waals surface area (Å²) in [5.74, 6) is 0.0229. The van der Waals surface area contributed by atoms with Crippen LogP contribution in [0.2, 0.25) is 0 Å². The molecule has 0 aromatic heterocycles. The zero-order valence-corrected chi connectivity index (χ0v) is 18.5. The SMILES string of the molecule is Cc1ccccc1CN[C@H]1CS(=O)(=O)C[C@@H]1S(=O)(=O)c1ccc(OC(C)C)cc1. The fraction of sp³-hybridized carbons (Fsp3) is 0.429. The lowest BCUT2D eigenvalue weighted by Gasteiger charge is -2.21. The lowest BCUT2D eigenvalue weighted by Crippen LogP contribution is -2.43. The van der Waals surface area contributed by atoms with Crippen LogP contribution in [0.5, 0.6) is 5.75 Å². The third-order valence-electron chi connectivity index (χ3n) is 5.04. The van der Waals surface area contributed by atoms with Crippen molar-refractivity contribution >= 4 is 19.7 Å². The Labute approximate surface area is 173 Å². The molecule has 3 rings (SSSR count). The maximum atomic E-state index is 13.2. The molecule has 8 heteroatoms. The first-order chi connectivity index (χ1) is 13.6. The molecule has 1 aliphatic rings. The minimum Gasteiger partial charge on any atom is -0.491 e. The molecule has 0 amide bonds. The molecule has 0 aliphatic carbocycles. The van der Waals surface area contributed by atoms with E-state index in [2.05, 4.69) is 5.32 Å². The van der Waals surface area contributed by atoms with Crippen LogP contribution < -0.4 is 10.1 Å². The summed E-state index contributed by atoms with van der Waals surface area (Å²) < 4.78 is 56.5. The maximum absolute atomic E-state index is 13.2. The highest BCUT2D eigenvalue weighted by Gasteiger charge is 2.45. The van der Waals surface area contributed by atoms with Gasteiger partial charge in [0.1, 0.15) is 5.75 Å². The molecule has 1 aliphatic heterocycles. The van der Waals surface area contributed by atoms with Crippen LogP contribution in [0.15, 0.2) is 53.4 Å². The molecule has 0 bridgehead atoms. The number of sulfone groups is 2. The monoisotopic (exact) mass is 437 g/mol. The summed E-state index contributed by atoms with van der Waals surface area (Å²) in [6.45, 7) is 6.16. The topological polar surface area (TPSA) is 89.5 Å². The number of benzene rings is 2. The van der Waals surface area contributed by atoms with Crippen molar-refractivity contribution in [3.63, 3.8) is 0 Å². The van der Waals surface area contributed by atoms with Crippen molar-refractivity contribution < 1.29 is 21.6 Å². The van der Waals surface area contributed by atoms with Gasteiger partial charge in [0.2, 0.25) is 0 Å². The van der Waals surface area contributed by atoms with Gasteiger partial charge in [-0.25, -0.2) is 16.8 Å². The van der Waals surface area contributed by atoms with E-state index in [4.69, 9.17) is 4.74 Å². The average Bonchev–Trinajstić information content (AvgIpc) is 2.96. The van der Waals surface area contributed by atoms with Crippen molar-refractivity contribution in [2.24, 2.45) is 0 Å². The average molecular weight is 438 g/mol.